The van der Waals surface area contributed by atoms with Crippen LogP contribution in [0.2, 0.25) is 0 Å². The summed E-state index contributed by atoms with van der Waals surface area (Å²) in [6.07, 6.45) is 5.47. The molecule has 1 aliphatic heterocycles. The topological polar surface area (TPSA) is 52.7 Å². The van der Waals surface area contributed by atoms with Gasteiger partial charge in [0.15, 0.2) is 0 Å². The molecule has 2 aliphatic rings. The fraction of sp³-hybridized carbons (Fsp3) is 1.00. The predicted octanol–water partition coefficient (Wildman–Crippen LogP) is 1.82. The second-order valence-electron chi connectivity index (χ2n) is 7.19. The van der Waals surface area contributed by atoms with Crippen LogP contribution < -0.4 is 5.32 Å². The highest BCUT2D eigenvalue weighted by Gasteiger charge is 2.38. The molecule has 0 aromatic heterocycles. The van der Waals surface area contributed by atoms with E-state index >= 15 is 0 Å². The van der Waals surface area contributed by atoms with Gasteiger partial charge in [-0.15, -0.1) is 0 Å². The first-order valence-corrected chi connectivity index (χ1v) is 9.64. The fourth-order valence-corrected chi connectivity index (χ4v) is 4.59. The monoisotopic (exact) mass is 317 g/mol. The Morgan fingerprint density at radius 1 is 1.29 bits per heavy atom. The minimum atomic E-state index is -3.35. The zero-order valence-electron chi connectivity index (χ0n) is 13.9. The molecule has 5 nitrogen and oxygen atoms in total. The molecule has 1 atom stereocenters. The van der Waals surface area contributed by atoms with E-state index in [2.05, 4.69) is 5.32 Å². The molecule has 0 aromatic rings. The summed E-state index contributed by atoms with van der Waals surface area (Å²) in [6.45, 7) is 8.28. The summed E-state index contributed by atoms with van der Waals surface area (Å²) in [6, 6.07) is 0.693. The summed E-state index contributed by atoms with van der Waals surface area (Å²) >= 11 is 0. The lowest BCUT2D eigenvalue weighted by molar-refractivity contribution is 0.206. The summed E-state index contributed by atoms with van der Waals surface area (Å²) in [5, 5.41) is 3.53. The molecule has 0 bridgehead atoms. The molecule has 0 amide bonds. The van der Waals surface area contributed by atoms with Crippen LogP contribution in [-0.2, 0) is 10.2 Å². The molecular formula is C15H31N3O2S. The van der Waals surface area contributed by atoms with E-state index in [9.17, 15) is 8.42 Å². The third-order valence-corrected chi connectivity index (χ3v) is 7.31. The van der Waals surface area contributed by atoms with Gasteiger partial charge < -0.3 is 5.32 Å². The number of hydrogen-bond acceptors (Lipinski definition) is 3. The minimum absolute atomic E-state index is 0.335. The second-order valence-corrected chi connectivity index (χ2v) is 9.15. The smallest absolute Gasteiger partial charge is 0.282 e. The number of rotatable bonds is 7. The van der Waals surface area contributed by atoms with Crippen molar-refractivity contribution in [2.24, 2.45) is 5.92 Å². The minimum Gasteiger partial charge on any atom is -0.314 e. The van der Waals surface area contributed by atoms with Crippen molar-refractivity contribution in [3.8, 4) is 0 Å². The summed E-state index contributed by atoms with van der Waals surface area (Å²) in [4.78, 5) is 0. The van der Waals surface area contributed by atoms with Crippen molar-refractivity contribution in [2.75, 3.05) is 26.7 Å². The lowest BCUT2D eigenvalue weighted by atomic mass is 10.00. The zero-order valence-corrected chi connectivity index (χ0v) is 14.7. The normalized spacial score (nSPS) is 25.5. The first kappa shape index (κ1) is 17.2. The summed E-state index contributed by atoms with van der Waals surface area (Å²) in [5.74, 6) is 0.451. The van der Waals surface area contributed by atoms with Crippen LogP contribution in [-0.4, -0.2) is 55.3 Å². The van der Waals surface area contributed by atoms with E-state index in [-0.39, 0.29) is 5.54 Å². The van der Waals surface area contributed by atoms with Gasteiger partial charge in [-0.25, -0.2) is 0 Å². The van der Waals surface area contributed by atoms with Crippen LogP contribution in [0.25, 0.3) is 0 Å². The molecule has 1 unspecified atom stereocenters. The Labute approximate surface area is 130 Å². The van der Waals surface area contributed by atoms with Gasteiger partial charge in [-0.2, -0.15) is 17.0 Å². The molecular weight excluding hydrogens is 286 g/mol. The van der Waals surface area contributed by atoms with Gasteiger partial charge >= 0.3 is 0 Å². The van der Waals surface area contributed by atoms with Gasteiger partial charge in [0.1, 0.15) is 0 Å². The highest BCUT2D eigenvalue weighted by atomic mass is 32.2. The van der Waals surface area contributed by atoms with Gasteiger partial charge in [0.2, 0.25) is 0 Å². The SMILES string of the molecule is CCC(C)(C)N(C)S(=O)(=O)N1CCCC(CNC2CC2)C1. The zero-order chi connectivity index (χ0) is 15.7. The van der Waals surface area contributed by atoms with Crippen LogP contribution in [0.1, 0.15) is 52.9 Å². The van der Waals surface area contributed by atoms with Gasteiger partial charge in [-0.05, 0) is 58.4 Å². The standard InChI is InChI=1S/C15H31N3O2S/c1-5-15(2,3)17(4)21(19,20)18-10-6-7-13(12-18)11-16-14-8-9-14/h13-14,16H,5-12H2,1-4H3. The molecule has 1 N–H and O–H groups in total. The molecule has 1 saturated carbocycles. The summed E-state index contributed by atoms with van der Waals surface area (Å²) in [5.41, 5.74) is -0.335. The Morgan fingerprint density at radius 3 is 2.52 bits per heavy atom. The number of nitrogens with one attached hydrogen (secondary N) is 1. The predicted molar refractivity (Wildman–Crippen MR) is 86.4 cm³/mol. The fourth-order valence-electron chi connectivity index (χ4n) is 2.73. The van der Waals surface area contributed by atoms with Crippen molar-refractivity contribution in [1.82, 2.24) is 13.9 Å². The van der Waals surface area contributed by atoms with Crippen molar-refractivity contribution in [1.29, 1.82) is 0 Å². The third-order valence-electron chi connectivity index (χ3n) is 5.14. The number of hydrogen-bond donors (Lipinski definition) is 1. The lowest BCUT2D eigenvalue weighted by Crippen LogP contribution is -2.54. The van der Waals surface area contributed by atoms with Crippen LogP contribution >= 0.6 is 0 Å². The molecule has 21 heavy (non-hydrogen) atoms. The van der Waals surface area contributed by atoms with Crippen molar-refractivity contribution in [2.45, 2.75) is 64.5 Å². The Hall–Kier alpha value is -0.170. The second kappa shape index (κ2) is 6.52. The van der Waals surface area contributed by atoms with Crippen molar-refractivity contribution in [3.05, 3.63) is 0 Å². The summed E-state index contributed by atoms with van der Waals surface area (Å²) < 4.78 is 28.9. The van der Waals surface area contributed by atoms with Crippen molar-refractivity contribution in [3.63, 3.8) is 0 Å². The molecule has 6 heteroatoms. The summed E-state index contributed by atoms with van der Waals surface area (Å²) in [7, 11) is -1.64. The maximum atomic E-state index is 12.8. The molecule has 1 heterocycles. The lowest BCUT2D eigenvalue weighted by Gasteiger charge is -2.40. The van der Waals surface area contributed by atoms with Gasteiger partial charge in [0.25, 0.3) is 10.2 Å². The van der Waals surface area contributed by atoms with E-state index in [4.69, 9.17) is 0 Å². The van der Waals surface area contributed by atoms with Crippen LogP contribution in [0, 0.1) is 5.92 Å². The number of nitrogens with zero attached hydrogens (tertiary/aromatic N) is 2. The maximum absolute atomic E-state index is 12.8. The first-order valence-electron chi connectivity index (χ1n) is 8.25. The Kier molecular flexibility index (Phi) is 5.34. The highest BCUT2D eigenvalue weighted by Crippen LogP contribution is 2.27. The highest BCUT2D eigenvalue weighted by molar-refractivity contribution is 7.86. The van der Waals surface area contributed by atoms with Crippen LogP contribution in [0.15, 0.2) is 0 Å². The molecule has 124 valence electrons. The molecule has 0 spiro atoms. The molecule has 1 saturated heterocycles. The van der Waals surface area contributed by atoms with Gasteiger partial charge in [0, 0.05) is 31.7 Å². The van der Waals surface area contributed by atoms with E-state index in [1.54, 1.807) is 15.7 Å². The average Bonchev–Trinajstić information content (AvgIpc) is 3.28. The Morgan fingerprint density at radius 2 is 1.95 bits per heavy atom. The van der Waals surface area contributed by atoms with Crippen LogP contribution in [0.4, 0.5) is 0 Å². The largest absolute Gasteiger partial charge is 0.314 e. The van der Waals surface area contributed by atoms with Crippen LogP contribution in [0.5, 0.6) is 0 Å². The molecule has 2 fully saturated rings. The Bertz CT molecular complexity index is 446. The van der Waals surface area contributed by atoms with E-state index < -0.39 is 10.2 Å². The van der Waals surface area contributed by atoms with Crippen molar-refractivity contribution >= 4 is 10.2 Å². The van der Waals surface area contributed by atoms with E-state index in [0.717, 1.165) is 25.8 Å². The first-order chi connectivity index (χ1) is 9.77. The molecule has 2 rings (SSSR count). The van der Waals surface area contributed by atoms with Gasteiger partial charge in [-0.1, -0.05) is 6.92 Å². The third kappa shape index (κ3) is 4.18. The van der Waals surface area contributed by atoms with Crippen LogP contribution in [0.3, 0.4) is 0 Å². The maximum Gasteiger partial charge on any atom is 0.282 e. The number of piperidine rings is 1. The van der Waals surface area contributed by atoms with Gasteiger partial charge in [0.05, 0.1) is 0 Å². The van der Waals surface area contributed by atoms with E-state index in [1.807, 2.05) is 20.8 Å². The molecule has 1 aliphatic carbocycles. The Balaban J connectivity index is 1.97. The average molecular weight is 317 g/mol. The molecule has 0 radical (unpaired) electrons. The van der Waals surface area contributed by atoms with Crippen molar-refractivity contribution < 1.29 is 8.42 Å². The quantitative estimate of drug-likeness (QED) is 0.779. The van der Waals surface area contributed by atoms with E-state index in [0.29, 0.717) is 25.0 Å². The van der Waals surface area contributed by atoms with E-state index in [1.165, 1.54) is 12.8 Å². The molecule has 0 aromatic carbocycles. The van der Waals surface area contributed by atoms with Gasteiger partial charge in [-0.3, -0.25) is 0 Å².